The van der Waals surface area contributed by atoms with Crippen LogP contribution in [0.2, 0.25) is 0 Å². The molecular weight excluding hydrogens is 228 g/mol. The topological polar surface area (TPSA) is 55.1 Å². The molecule has 4 heteroatoms. The highest BCUT2D eigenvalue weighted by molar-refractivity contribution is 5.90. The summed E-state index contributed by atoms with van der Waals surface area (Å²) < 4.78 is 11.1. The maximum atomic E-state index is 8.91. The van der Waals surface area contributed by atoms with Crippen molar-refractivity contribution in [3.8, 4) is 17.6 Å². The lowest BCUT2D eigenvalue weighted by Gasteiger charge is -2.11. The molecule has 0 fully saturated rings. The van der Waals surface area contributed by atoms with Gasteiger partial charge in [0.2, 0.25) is 0 Å². The minimum atomic E-state index is 0.372. The summed E-state index contributed by atoms with van der Waals surface area (Å²) in [4.78, 5) is 4.29. The van der Waals surface area contributed by atoms with Gasteiger partial charge >= 0.3 is 0 Å². The van der Waals surface area contributed by atoms with Gasteiger partial charge in [-0.3, -0.25) is 0 Å². The van der Waals surface area contributed by atoms with Gasteiger partial charge in [-0.15, -0.1) is 0 Å². The van der Waals surface area contributed by atoms with Gasteiger partial charge in [-0.2, -0.15) is 5.26 Å². The number of nitriles is 1. The van der Waals surface area contributed by atoms with E-state index in [2.05, 4.69) is 4.98 Å². The minimum absolute atomic E-state index is 0.372. The first-order chi connectivity index (χ1) is 8.80. The van der Waals surface area contributed by atoms with Gasteiger partial charge in [0.15, 0.2) is 0 Å². The Morgan fingerprint density at radius 3 is 2.39 bits per heavy atom. The highest BCUT2D eigenvalue weighted by Crippen LogP contribution is 2.32. The van der Waals surface area contributed by atoms with E-state index in [9.17, 15) is 0 Å². The van der Waals surface area contributed by atoms with Crippen LogP contribution in [-0.2, 0) is 0 Å². The lowest BCUT2D eigenvalue weighted by atomic mass is 10.1. The zero-order valence-electron chi connectivity index (χ0n) is 10.4. The van der Waals surface area contributed by atoms with Gasteiger partial charge in [0, 0.05) is 5.39 Å². The smallest absolute Gasteiger partial charge is 0.145 e. The number of aromatic nitrogens is 1. The Labute approximate surface area is 106 Å². The molecule has 2 aromatic rings. The summed E-state index contributed by atoms with van der Waals surface area (Å²) >= 11 is 0. The van der Waals surface area contributed by atoms with Gasteiger partial charge in [0.25, 0.3) is 0 Å². The van der Waals surface area contributed by atoms with Crippen LogP contribution in [0.4, 0.5) is 0 Å². The zero-order valence-corrected chi connectivity index (χ0v) is 10.4. The third kappa shape index (κ3) is 2.21. The van der Waals surface area contributed by atoms with Crippen LogP contribution in [0.3, 0.4) is 0 Å². The zero-order chi connectivity index (χ0) is 13.0. The fraction of sp³-hybridized carbons (Fsp3) is 0.286. The molecule has 1 aromatic carbocycles. The predicted octanol–water partition coefficient (Wildman–Crippen LogP) is 2.90. The standard InChI is InChI=1S/C14H14N2O2/c1-3-17-12-7-8-13(18-4-2)14-11(12)6-5-10(9-15)16-14/h5-8H,3-4H2,1-2H3. The van der Waals surface area contributed by atoms with E-state index in [0.29, 0.717) is 30.2 Å². The van der Waals surface area contributed by atoms with Crippen LogP contribution in [0.1, 0.15) is 19.5 Å². The van der Waals surface area contributed by atoms with Gasteiger partial charge in [0.1, 0.15) is 28.8 Å². The fourth-order valence-electron chi connectivity index (χ4n) is 1.78. The molecule has 0 amide bonds. The molecule has 0 unspecified atom stereocenters. The Hall–Kier alpha value is -2.28. The van der Waals surface area contributed by atoms with Crippen molar-refractivity contribution in [1.29, 1.82) is 5.26 Å². The van der Waals surface area contributed by atoms with Crippen LogP contribution in [0, 0.1) is 11.3 Å². The average molecular weight is 242 g/mol. The lowest BCUT2D eigenvalue weighted by molar-refractivity contribution is 0.336. The van der Waals surface area contributed by atoms with Crippen LogP contribution in [-0.4, -0.2) is 18.2 Å². The monoisotopic (exact) mass is 242 g/mol. The molecule has 0 N–H and O–H groups in total. The molecule has 0 radical (unpaired) electrons. The molecular formula is C14H14N2O2. The summed E-state index contributed by atoms with van der Waals surface area (Å²) in [6.45, 7) is 4.99. The normalized spacial score (nSPS) is 10.1. The van der Waals surface area contributed by atoms with E-state index < -0.39 is 0 Å². The predicted molar refractivity (Wildman–Crippen MR) is 68.8 cm³/mol. The second-order valence-electron chi connectivity index (χ2n) is 3.63. The summed E-state index contributed by atoms with van der Waals surface area (Å²) in [7, 11) is 0. The Bertz CT molecular complexity index is 603. The number of pyridine rings is 1. The Morgan fingerprint density at radius 1 is 1.06 bits per heavy atom. The molecule has 0 aliphatic carbocycles. The van der Waals surface area contributed by atoms with Crippen molar-refractivity contribution in [2.75, 3.05) is 13.2 Å². The molecule has 2 rings (SSSR count). The summed E-state index contributed by atoms with van der Waals surface area (Å²) in [5.74, 6) is 1.43. The van der Waals surface area contributed by atoms with Crippen LogP contribution in [0.15, 0.2) is 24.3 Å². The van der Waals surface area contributed by atoms with E-state index in [-0.39, 0.29) is 0 Å². The third-order valence-corrected chi connectivity index (χ3v) is 2.49. The molecule has 0 bridgehead atoms. The quantitative estimate of drug-likeness (QED) is 0.827. The summed E-state index contributed by atoms with van der Waals surface area (Å²) in [6, 6.07) is 9.25. The van der Waals surface area contributed by atoms with Gasteiger partial charge in [-0.1, -0.05) is 0 Å². The fourth-order valence-corrected chi connectivity index (χ4v) is 1.78. The van der Waals surface area contributed by atoms with E-state index in [4.69, 9.17) is 14.7 Å². The summed E-state index contributed by atoms with van der Waals surface area (Å²) in [5.41, 5.74) is 1.04. The van der Waals surface area contributed by atoms with Gasteiger partial charge in [-0.25, -0.2) is 4.98 Å². The number of benzene rings is 1. The molecule has 92 valence electrons. The van der Waals surface area contributed by atoms with Gasteiger partial charge < -0.3 is 9.47 Å². The van der Waals surface area contributed by atoms with Crippen molar-refractivity contribution in [2.24, 2.45) is 0 Å². The van der Waals surface area contributed by atoms with Crippen molar-refractivity contribution in [1.82, 2.24) is 4.98 Å². The number of ether oxygens (including phenoxy) is 2. The van der Waals surface area contributed by atoms with Crippen LogP contribution >= 0.6 is 0 Å². The average Bonchev–Trinajstić information content (AvgIpc) is 2.41. The molecule has 0 aliphatic rings. The molecule has 0 spiro atoms. The highest BCUT2D eigenvalue weighted by Gasteiger charge is 2.10. The second-order valence-corrected chi connectivity index (χ2v) is 3.63. The Morgan fingerprint density at radius 2 is 1.72 bits per heavy atom. The van der Waals surface area contributed by atoms with Crippen molar-refractivity contribution in [2.45, 2.75) is 13.8 Å². The number of rotatable bonds is 4. The molecule has 1 aromatic heterocycles. The van der Waals surface area contributed by atoms with Crippen molar-refractivity contribution in [3.63, 3.8) is 0 Å². The first kappa shape index (κ1) is 12.2. The molecule has 0 saturated carbocycles. The minimum Gasteiger partial charge on any atom is -0.493 e. The van der Waals surface area contributed by atoms with E-state index in [1.54, 1.807) is 6.07 Å². The lowest BCUT2D eigenvalue weighted by Crippen LogP contribution is -1.98. The molecule has 0 atom stereocenters. The number of nitrogens with zero attached hydrogens (tertiary/aromatic N) is 2. The van der Waals surface area contributed by atoms with Crippen LogP contribution < -0.4 is 9.47 Å². The van der Waals surface area contributed by atoms with Crippen LogP contribution in [0.25, 0.3) is 10.9 Å². The molecule has 0 saturated heterocycles. The maximum absolute atomic E-state index is 8.91. The summed E-state index contributed by atoms with van der Waals surface area (Å²) in [5, 5.41) is 9.77. The van der Waals surface area contributed by atoms with Gasteiger partial charge in [0.05, 0.1) is 13.2 Å². The largest absolute Gasteiger partial charge is 0.493 e. The van der Waals surface area contributed by atoms with Crippen LogP contribution in [0.5, 0.6) is 11.5 Å². The first-order valence-corrected chi connectivity index (χ1v) is 5.89. The SMILES string of the molecule is CCOc1ccc(OCC)c2nc(C#N)ccc12. The van der Waals surface area contributed by atoms with Crippen molar-refractivity contribution < 1.29 is 9.47 Å². The van der Waals surface area contributed by atoms with E-state index in [1.807, 2.05) is 38.1 Å². The Balaban J connectivity index is 2.66. The number of hydrogen-bond donors (Lipinski definition) is 0. The Kier molecular flexibility index (Phi) is 3.63. The van der Waals surface area contributed by atoms with Gasteiger partial charge in [-0.05, 0) is 38.1 Å². The van der Waals surface area contributed by atoms with E-state index >= 15 is 0 Å². The molecule has 0 aliphatic heterocycles. The summed E-state index contributed by atoms with van der Waals surface area (Å²) in [6.07, 6.45) is 0. The highest BCUT2D eigenvalue weighted by atomic mass is 16.5. The molecule has 18 heavy (non-hydrogen) atoms. The number of fused-ring (bicyclic) bond motifs is 1. The van der Waals surface area contributed by atoms with Crippen molar-refractivity contribution >= 4 is 10.9 Å². The van der Waals surface area contributed by atoms with E-state index in [0.717, 1.165) is 11.1 Å². The van der Waals surface area contributed by atoms with E-state index in [1.165, 1.54) is 0 Å². The second kappa shape index (κ2) is 5.37. The molecule has 1 heterocycles. The number of hydrogen-bond acceptors (Lipinski definition) is 4. The maximum Gasteiger partial charge on any atom is 0.145 e. The van der Waals surface area contributed by atoms with Crippen molar-refractivity contribution in [3.05, 3.63) is 30.0 Å². The third-order valence-electron chi connectivity index (χ3n) is 2.49. The molecule has 4 nitrogen and oxygen atoms in total. The first-order valence-electron chi connectivity index (χ1n) is 5.89.